The van der Waals surface area contributed by atoms with E-state index >= 15 is 0 Å². The summed E-state index contributed by atoms with van der Waals surface area (Å²) in [6, 6.07) is 11.9. The van der Waals surface area contributed by atoms with E-state index in [9.17, 15) is 19.5 Å². The molecule has 0 radical (unpaired) electrons. The van der Waals surface area contributed by atoms with Crippen molar-refractivity contribution >= 4 is 29.4 Å². The Kier molecular flexibility index (Phi) is 3.88. The van der Waals surface area contributed by atoms with Crippen LogP contribution in [0, 0.1) is 0 Å². The number of halogens is 1. The van der Waals surface area contributed by atoms with Crippen LogP contribution >= 0.6 is 11.6 Å². The molecule has 1 aliphatic heterocycles. The van der Waals surface area contributed by atoms with Crippen molar-refractivity contribution in [2.75, 3.05) is 0 Å². The molecule has 0 fully saturated rings. The van der Waals surface area contributed by atoms with Crippen LogP contribution in [0.1, 0.15) is 26.3 Å². The summed E-state index contributed by atoms with van der Waals surface area (Å²) in [5.74, 6) is -2.46. The molecule has 1 heterocycles. The maximum atomic E-state index is 12.5. The summed E-state index contributed by atoms with van der Waals surface area (Å²) in [6.07, 6.45) is 0.0510. The van der Waals surface area contributed by atoms with Gasteiger partial charge in [0.25, 0.3) is 11.8 Å². The van der Waals surface area contributed by atoms with Crippen LogP contribution in [0.25, 0.3) is 0 Å². The largest absolute Gasteiger partial charge is 0.480 e. The van der Waals surface area contributed by atoms with E-state index < -0.39 is 23.8 Å². The minimum absolute atomic E-state index is 0.0510. The number of carboxylic acid groups (broad SMARTS) is 1. The zero-order chi connectivity index (χ0) is 16.6. The second-order valence-corrected chi connectivity index (χ2v) is 5.65. The van der Waals surface area contributed by atoms with Gasteiger partial charge in [0.2, 0.25) is 0 Å². The van der Waals surface area contributed by atoms with Crippen molar-refractivity contribution in [2.24, 2.45) is 0 Å². The Morgan fingerprint density at radius 1 is 1.04 bits per heavy atom. The minimum Gasteiger partial charge on any atom is -0.480 e. The van der Waals surface area contributed by atoms with E-state index in [4.69, 9.17) is 11.6 Å². The highest BCUT2D eigenvalue weighted by atomic mass is 35.5. The van der Waals surface area contributed by atoms with E-state index in [0.717, 1.165) is 10.5 Å². The molecule has 0 aromatic heterocycles. The Balaban J connectivity index is 1.97. The smallest absolute Gasteiger partial charge is 0.327 e. The van der Waals surface area contributed by atoms with Gasteiger partial charge in [-0.1, -0.05) is 41.9 Å². The van der Waals surface area contributed by atoms with Crippen LogP contribution < -0.4 is 0 Å². The predicted molar refractivity (Wildman–Crippen MR) is 83.5 cm³/mol. The fourth-order valence-electron chi connectivity index (χ4n) is 2.64. The molecule has 1 atom stereocenters. The van der Waals surface area contributed by atoms with Crippen LogP contribution in [0.4, 0.5) is 0 Å². The quantitative estimate of drug-likeness (QED) is 0.875. The van der Waals surface area contributed by atoms with Gasteiger partial charge in [-0.05, 0) is 23.8 Å². The SMILES string of the molecule is O=C(O)C(Cc1ccccc1)N1C(=O)c2ccc(Cl)cc2C1=O. The molecule has 0 saturated heterocycles. The Morgan fingerprint density at radius 2 is 1.70 bits per heavy atom. The molecule has 3 rings (SSSR count). The number of amides is 2. The number of rotatable bonds is 4. The molecule has 6 heteroatoms. The summed E-state index contributed by atoms with van der Waals surface area (Å²) >= 11 is 5.86. The van der Waals surface area contributed by atoms with Gasteiger partial charge in [-0.2, -0.15) is 0 Å². The number of hydrogen-bond donors (Lipinski definition) is 1. The molecule has 0 spiro atoms. The highest BCUT2D eigenvalue weighted by Gasteiger charge is 2.42. The van der Waals surface area contributed by atoms with E-state index in [1.54, 1.807) is 24.3 Å². The molecule has 116 valence electrons. The molecule has 0 saturated carbocycles. The van der Waals surface area contributed by atoms with Crippen LogP contribution in [0.2, 0.25) is 5.02 Å². The highest BCUT2D eigenvalue weighted by molar-refractivity contribution is 6.32. The number of carboxylic acids is 1. The summed E-state index contributed by atoms with van der Waals surface area (Å²) in [4.78, 5) is 37.4. The van der Waals surface area contributed by atoms with Crippen molar-refractivity contribution in [2.45, 2.75) is 12.5 Å². The normalized spacial score (nSPS) is 14.7. The molecule has 0 aliphatic carbocycles. The zero-order valence-electron chi connectivity index (χ0n) is 11.9. The molecule has 1 aliphatic rings. The fraction of sp³-hybridized carbons (Fsp3) is 0.118. The van der Waals surface area contributed by atoms with Crippen molar-refractivity contribution in [3.05, 3.63) is 70.2 Å². The van der Waals surface area contributed by atoms with Crippen molar-refractivity contribution < 1.29 is 19.5 Å². The van der Waals surface area contributed by atoms with E-state index in [0.29, 0.717) is 5.02 Å². The van der Waals surface area contributed by atoms with Gasteiger partial charge in [-0.25, -0.2) is 4.79 Å². The summed E-state index contributed by atoms with van der Waals surface area (Å²) in [7, 11) is 0. The van der Waals surface area contributed by atoms with Crippen molar-refractivity contribution in [1.82, 2.24) is 4.90 Å². The summed E-state index contributed by atoms with van der Waals surface area (Å²) in [6.45, 7) is 0. The molecule has 1 unspecified atom stereocenters. The van der Waals surface area contributed by atoms with Gasteiger partial charge in [0.05, 0.1) is 11.1 Å². The number of carbonyl (C=O) groups excluding carboxylic acids is 2. The number of aliphatic carboxylic acids is 1. The number of nitrogens with zero attached hydrogens (tertiary/aromatic N) is 1. The summed E-state index contributed by atoms with van der Waals surface area (Å²) < 4.78 is 0. The lowest BCUT2D eigenvalue weighted by atomic mass is 10.0. The van der Waals surface area contributed by atoms with E-state index in [1.165, 1.54) is 18.2 Å². The van der Waals surface area contributed by atoms with Crippen molar-refractivity contribution in [3.8, 4) is 0 Å². The molecule has 23 heavy (non-hydrogen) atoms. The molecular weight excluding hydrogens is 318 g/mol. The topological polar surface area (TPSA) is 74.7 Å². The fourth-order valence-corrected chi connectivity index (χ4v) is 2.81. The first-order valence-electron chi connectivity index (χ1n) is 6.93. The van der Waals surface area contributed by atoms with Gasteiger partial charge >= 0.3 is 5.97 Å². The first-order valence-corrected chi connectivity index (χ1v) is 7.31. The van der Waals surface area contributed by atoms with Crippen molar-refractivity contribution in [3.63, 3.8) is 0 Å². The highest BCUT2D eigenvalue weighted by Crippen LogP contribution is 2.28. The second-order valence-electron chi connectivity index (χ2n) is 5.21. The molecule has 5 nitrogen and oxygen atoms in total. The lowest BCUT2D eigenvalue weighted by molar-refractivity contribution is -0.141. The molecule has 2 aromatic carbocycles. The van der Waals surface area contributed by atoms with Gasteiger partial charge < -0.3 is 5.11 Å². The Hall–Kier alpha value is -2.66. The monoisotopic (exact) mass is 329 g/mol. The molecule has 2 aromatic rings. The molecule has 1 N–H and O–H groups in total. The maximum absolute atomic E-state index is 12.5. The minimum atomic E-state index is -1.26. The van der Waals surface area contributed by atoms with Gasteiger partial charge in [-0.3, -0.25) is 14.5 Å². The van der Waals surface area contributed by atoms with Crippen LogP contribution in [-0.2, 0) is 11.2 Å². The predicted octanol–water partition coefficient (Wildman–Crippen LogP) is 2.63. The van der Waals surface area contributed by atoms with E-state index in [1.807, 2.05) is 6.07 Å². The summed E-state index contributed by atoms with van der Waals surface area (Å²) in [5, 5.41) is 9.81. The van der Waals surface area contributed by atoms with Gasteiger partial charge in [0.1, 0.15) is 6.04 Å². The van der Waals surface area contributed by atoms with Crippen molar-refractivity contribution in [1.29, 1.82) is 0 Å². The van der Waals surface area contributed by atoms with E-state index in [2.05, 4.69) is 0 Å². The third-order valence-corrected chi connectivity index (χ3v) is 3.98. The van der Waals surface area contributed by atoms with Gasteiger partial charge in [-0.15, -0.1) is 0 Å². The number of carbonyl (C=O) groups is 3. The third kappa shape index (κ3) is 2.71. The average Bonchev–Trinajstić information content (AvgIpc) is 2.77. The first-order chi connectivity index (χ1) is 11.0. The number of fused-ring (bicyclic) bond motifs is 1. The third-order valence-electron chi connectivity index (χ3n) is 3.75. The van der Waals surface area contributed by atoms with Crippen LogP contribution in [0.15, 0.2) is 48.5 Å². The Bertz CT molecular complexity index is 803. The van der Waals surface area contributed by atoms with Gasteiger partial charge in [0, 0.05) is 11.4 Å². The average molecular weight is 330 g/mol. The zero-order valence-corrected chi connectivity index (χ0v) is 12.7. The van der Waals surface area contributed by atoms with E-state index in [-0.39, 0.29) is 17.5 Å². The first kappa shape index (κ1) is 15.2. The maximum Gasteiger partial charge on any atom is 0.327 e. The summed E-state index contributed by atoms with van der Waals surface area (Å²) in [5.41, 5.74) is 1.05. The number of benzene rings is 2. The van der Waals surface area contributed by atoms with Crippen LogP contribution in [-0.4, -0.2) is 33.8 Å². The lowest BCUT2D eigenvalue weighted by Gasteiger charge is -2.22. The standard InChI is InChI=1S/C17H12ClNO4/c18-11-6-7-12-13(9-11)16(21)19(15(12)20)14(17(22)23)8-10-4-2-1-3-5-10/h1-7,9,14H,8H2,(H,22,23). The number of imide groups is 1. The Labute approximate surface area is 137 Å². The molecule has 2 amide bonds. The van der Waals surface area contributed by atoms with Crippen LogP contribution in [0.5, 0.6) is 0 Å². The van der Waals surface area contributed by atoms with Gasteiger partial charge in [0.15, 0.2) is 0 Å². The number of hydrogen-bond acceptors (Lipinski definition) is 3. The molecular formula is C17H12ClNO4. The van der Waals surface area contributed by atoms with Crippen LogP contribution in [0.3, 0.4) is 0 Å². The lowest BCUT2D eigenvalue weighted by Crippen LogP contribution is -2.46. The Morgan fingerprint density at radius 3 is 2.35 bits per heavy atom. The molecule has 0 bridgehead atoms. The second kappa shape index (κ2) is 5.85.